The summed E-state index contributed by atoms with van der Waals surface area (Å²) < 4.78 is 5.25. The number of hydrogen-bond acceptors (Lipinski definition) is 5. The first-order chi connectivity index (χ1) is 14.5. The molecule has 0 unspecified atom stereocenters. The van der Waals surface area contributed by atoms with E-state index in [-0.39, 0.29) is 23.6 Å². The maximum atomic E-state index is 12.7. The van der Waals surface area contributed by atoms with E-state index in [2.05, 4.69) is 15.6 Å². The summed E-state index contributed by atoms with van der Waals surface area (Å²) in [6.45, 7) is 0. The summed E-state index contributed by atoms with van der Waals surface area (Å²) >= 11 is 7.28. The lowest BCUT2D eigenvalue weighted by molar-refractivity contribution is -0.113. The van der Waals surface area contributed by atoms with E-state index in [1.54, 1.807) is 24.3 Å². The Morgan fingerprint density at radius 3 is 2.77 bits per heavy atom. The van der Waals surface area contributed by atoms with Gasteiger partial charge in [0.25, 0.3) is 5.91 Å². The molecule has 1 heterocycles. The Morgan fingerprint density at radius 2 is 2.00 bits per heavy atom. The number of methoxy groups -OCH3 is 1. The number of ether oxygens (including phenoxy) is 1. The normalized spacial score (nSPS) is 13.1. The van der Waals surface area contributed by atoms with Crippen molar-refractivity contribution in [3.05, 3.63) is 59.1 Å². The number of pyridine rings is 1. The average molecular weight is 442 g/mol. The number of carbonyl (C=O) groups excluding carboxylic acids is 2. The highest BCUT2D eigenvalue weighted by Gasteiger charge is 2.25. The van der Waals surface area contributed by atoms with Gasteiger partial charge in [-0.25, -0.2) is 4.98 Å². The van der Waals surface area contributed by atoms with Crippen molar-refractivity contribution in [2.75, 3.05) is 18.2 Å². The number of hydrogen-bond donors (Lipinski definition) is 2. The molecule has 1 saturated carbocycles. The van der Waals surface area contributed by atoms with Crippen molar-refractivity contribution in [3.8, 4) is 5.75 Å². The van der Waals surface area contributed by atoms with Crippen LogP contribution in [0.4, 0.5) is 5.69 Å². The molecule has 1 fully saturated rings. The van der Waals surface area contributed by atoms with E-state index in [1.807, 2.05) is 24.3 Å². The molecule has 1 aromatic heterocycles. The fourth-order valence-corrected chi connectivity index (χ4v) is 3.89. The number of nitrogens with zero attached hydrogens (tertiary/aromatic N) is 1. The summed E-state index contributed by atoms with van der Waals surface area (Å²) in [5, 5.41) is 7.74. The number of thioether (sulfide) groups is 1. The molecule has 0 saturated heterocycles. The molecule has 154 valence electrons. The third kappa shape index (κ3) is 4.86. The minimum absolute atomic E-state index is 0.105. The third-order valence-electron chi connectivity index (χ3n) is 4.64. The molecule has 0 aliphatic heterocycles. The van der Waals surface area contributed by atoms with Gasteiger partial charge in [-0.1, -0.05) is 41.6 Å². The molecule has 8 heteroatoms. The number of para-hydroxylation sites is 1. The molecular formula is C22H20ClN3O3S. The Labute approximate surface area is 183 Å². The van der Waals surface area contributed by atoms with Crippen LogP contribution in [0.1, 0.15) is 23.2 Å². The fourth-order valence-electron chi connectivity index (χ4n) is 3.01. The predicted molar refractivity (Wildman–Crippen MR) is 120 cm³/mol. The van der Waals surface area contributed by atoms with Gasteiger partial charge in [-0.3, -0.25) is 9.59 Å². The summed E-state index contributed by atoms with van der Waals surface area (Å²) in [4.78, 5) is 29.8. The Bertz CT molecular complexity index is 1120. The largest absolute Gasteiger partial charge is 0.495 e. The van der Waals surface area contributed by atoms with Crippen LogP contribution in [0.5, 0.6) is 5.75 Å². The Morgan fingerprint density at radius 1 is 1.20 bits per heavy atom. The molecule has 30 heavy (non-hydrogen) atoms. The average Bonchev–Trinajstić information content (AvgIpc) is 3.56. The summed E-state index contributed by atoms with van der Waals surface area (Å²) in [5.74, 6) is 0.330. The zero-order valence-corrected chi connectivity index (χ0v) is 17.8. The highest BCUT2D eigenvalue weighted by atomic mass is 35.5. The molecule has 0 spiro atoms. The van der Waals surface area contributed by atoms with Crippen LogP contribution in [0.15, 0.2) is 53.6 Å². The molecule has 2 aromatic carbocycles. The quantitative estimate of drug-likeness (QED) is 0.527. The van der Waals surface area contributed by atoms with Gasteiger partial charge < -0.3 is 15.4 Å². The lowest BCUT2D eigenvalue weighted by atomic mass is 10.1. The zero-order chi connectivity index (χ0) is 21.1. The molecule has 4 rings (SSSR count). The Balaban J connectivity index is 1.50. The lowest BCUT2D eigenvalue weighted by Gasteiger charge is -2.11. The van der Waals surface area contributed by atoms with Gasteiger partial charge in [0.05, 0.1) is 34.7 Å². The first-order valence-electron chi connectivity index (χ1n) is 9.50. The molecule has 1 aliphatic rings. The van der Waals surface area contributed by atoms with Gasteiger partial charge in [0.2, 0.25) is 5.91 Å². The fraction of sp³-hybridized carbons (Fsp3) is 0.227. The number of amides is 2. The van der Waals surface area contributed by atoms with Crippen LogP contribution < -0.4 is 15.4 Å². The maximum absolute atomic E-state index is 12.7. The minimum atomic E-state index is -0.223. The van der Waals surface area contributed by atoms with Crippen LogP contribution in [0.25, 0.3) is 10.9 Å². The van der Waals surface area contributed by atoms with Gasteiger partial charge in [-0.15, -0.1) is 0 Å². The second kappa shape index (κ2) is 8.93. The lowest BCUT2D eigenvalue weighted by Crippen LogP contribution is -2.25. The Kier molecular flexibility index (Phi) is 6.11. The van der Waals surface area contributed by atoms with E-state index < -0.39 is 0 Å². The van der Waals surface area contributed by atoms with Gasteiger partial charge in [0, 0.05) is 16.5 Å². The smallest absolute Gasteiger partial charge is 0.252 e. The van der Waals surface area contributed by atoms with E-state index in [0.717, 1.165) is 23.7 Å². The van der Waals surface area contributed by atoms with Crippen molar-refractivity contribution in [2.45, 2.75) is 23.9 Å². The summed E-state index contributed by atoms with van der Waals surface area (Å²) in [5.41, 5.74) is 1.80. The van der Waals surface area contributed by atoms with Crippen LogP contribution in [0, 0.1) is 0 Å². The summed E-state index contributed by atoms with van der Waals surface area (Å²) in [6, 6.07) is 14.6. The van der Waals surface area contributed by atoms with Crippen molar-refractivity contribution >= 4 is 51.8 Å². The number of fused-ring (bicyclic) bond motifs is 1. The second-order valence-corrected chi connectivity index (χ2v) is 8.39. The first kappa shape index (κ1) is 20.5. The number of carbonyl (C=O) groups is 2. The molecule has 0 atom stereocenters. The predicted octanol–water partition coefficient (Wildman–Crippen LogP) is 4.52. The summed E-state index contributed by atoms with van der Waals surface area (Å²) in [7, 11) is 1.53. The SMILES string of the molecule is COc1ccc(Cl)cc1NC(=O)CSc1cc(C(=O)NC2CC2)c2ccccc2n1. The number of nitrogens with one attached hydrogen (secondary N) is 2. The van der Waals surface area contributed by atoms with Gasteiger partial charge in [0.1, 0.15) is 5.75 Å². The molecule has 3 aromatic rings. The highest BCUT2D eigenvalue weighted by Crippen LogP contribution is 2.29. The van der Waals surface area contributed by atoms with E-state index in [0.29, 0.717) is 27.0 Å². The molecule has 2 amide bonds. The Hall–Kier alpha value is -2.77. The first-order valence-corrected chi connectivity index (χ1v) is 10.9. The van der Waals surface area contributed by atoms with Gasteiger partial charge in [0.15, 0.2) is 0 Å². The molecular weight excluding hydrogens is 422 g/mol. The number of benzene rings is 2. The third-order valence-corrected chi connectivity index (χ3v) is 5.78. The van der Waals surface area contributed by atoms with Gasteiger partial charge >= 0.3 is 0 Å². The summed E-state index contributed by atoms with van der Waals surface area (Å²) in [6.07, 6.45) is 2.03. The van der Waals surface area contributed by atoms with Gasteiger partial charge in [-0.05, 0) is 43.2 Å². The van der Waals surface area contributed by atoms with Crippen molar-refractivity contribution < 1.29 is 14.3 Å². The number of anilines is 1. The molecule has 0 bridgehead atoms. The van der Waals surface area contributed by atoms with Crippen molar-refractivity contribution in [1.29, 1.82) is 0 Å². The zero-order valence-electron chi connectivity index (χ0n) is 16.3. The molecule has 1 aliphatic carbocycles. The van der Waals surface area contributed by atoms with Crippen molar-refractivity contribution in [2.24, 2.45) is 0 Å². The van der Waals surface area contributed by atoms with E-state index in [9.17, 15) is 9.59 Å². The number of aromatic nitrogens is 1. The topological polar surface area (TPSA) is 80.3 Å². The van der Waals surface area contributed by atoms with Crippen LogP contribution >= 0.6 is 23.4 Å². The number of rotatable bonds is 7. The van der Waals surface area contributed by atoms with E-state index >= 15 is 0 Å². The minimum Gasteiger partial charge on any atom is -0.495 e. The number of halogens is 1. The molecule has 6 nitrogen and oxygen atoms in total. The maximum Gasteiger partial charge on any atom is 0.252 e. The van der Waals surface area contributed by atoms with Crippen LogP contribution in [-0.4, -0.2) is 35.7 Å². The van der Waals surface area contributed by atoms with Crippen LogP contribution in [-0.2, 0) is 4.79 Å². The van der Waals surface area contributed by atoms with Crippen LogP contribution in [0.2, 0.25) is 5.02 Å². The highest BCUT2D eigenvalue weighted by molar-refractivity contribution is 7.99. The second-order valence-electron chi connectivity index (χ2n) is 6.95. The molecule has 2 N–H and O–H groups in total. The standard InChI is InChI=1S/C22H20ClN3O3S/c1-29-19-9-6-13(23)10-18(19)25-20(27)12-30-21-11-16(22(28)24-14-7-8-14)15-4-2-3-5-17(15)26-21/h2-6,9-11,14H,7-8,12H2,1H3,(H,24,28)(H,25,27). The molecule has 0 radical (unpaired) electrons. The van der Waals surface area contributed by atoms with Crippen molar-refractivity contribution in [1.82, 2.24) is 10.3 Å². The van der Waals surface area contributed by atoms with E-state index in [1.165, 1.54) is 18.9 Å². The van der Waals surface area contributed by atoms with Crippen molar-refractivity contribution in [3.63, 3.8) is 0 Å². The van der Waals surface area contributed by atoms with E-state index in [4.69, 9.17) is 16.3 Å². The monoisotopic (exact) mass is 441 g/mol. The van der Waals surface area contributed by atoms with Gasteiger partial charge in [-0.2, -0.15) is 0 Å². The van der Waals surface area contributed by atoms with Crippen LogP contribution in [0.3, 0.4) is 0 Å².